The van der Waals surface area contributed by atoms with Crippen LogP contribution in [0.15, 0.2) is 53.9 Å². The monoisotopic (exact) mass is 339 g/mol. The van der Waals surface area contributed by atoms with Gasteiger partial charge in [0.05, 0.1) is 5.71 Å². The maximum atomic E-state index is 11.9. The Labute approximate surface area is 144 Å². The highest BCUT2D eigenvalue weighted by atomic mass is 16.2. The van der Waals surface area contributed by atoms with Crippen molar-refractivity contribution >= 4 is 34.8 Å². The summed E-state index contributed by atoms with van der Waals surface area (Å²) in [6.07, 6.45) is 3.21. The van der Waals surface area contributed by atoms with E-state index in [1.165, 1.54) is 6.92 Å². The third kappa shape index (κ3) is 5.54. The van der Waals surface area contributed by atoms with Crippen LogP contribution in [0.1, 0.15) is 19.4 Å². The maximum absolute atomic E-state index is 11.9. The summed E-state index contributed by atoms with van der Waals surface area (Å²) in [7, 11) is 0. The zero-order chi connectivity index (χ0) is 18.2. The molecule has 2 rings (SSSR count). The van der Waals surface area contributed by atoms with Gasteiger partial charge in [0.15, 0.2) is 0 Å². The van der Waals surface area contributed by atoms with E-state index in [2.05, 4.69) is 26.1 Å². The standard InChI is InChI=1S/C17H17N5O3/c1-11(13-7-9-18-10-8-13)21-22-17(25)16(24)20-15-5-3-14(4-6-15)19-12(2)23/h3-10H,1-2H3,(H,19,23)(H,20,24)(H,22,25). The molecule has 0 aliphatic rings. The van der Waals surface area contributed by atoms with Crippen molar-refractivity contribution in [3.63, 3.8) is 0 Å². The molecule has 3 N–H and O–H groups in total. The van der Waals surface area contributed by atoms with Crippen LogP contribution in [-0.2, 0) is 14.4 Å². The van der Waals surface area contributed by atoms with Crippen molar-refractivity contribution in [1.29, 1.82) is 0 Å². The highest BCUT2D eigenvalue weighted by Crippen LogP contribution is 2.13. The lowest BCUT2D eigenvalue weighted by molar-refractivity contribution is -0.136. The van der Waals surface area contributed by atoms with Crippen molar-refractivity contribution in [2.45, 2.75) is 13.8 Å². The van der Waals surface area contributed by atoms with Crippen LogP contribution in [0, 0.1) is 0 Å². The van der Waals surface area contributed by atoms with Crippen molar-refractivity contribution in [3.05, 3.63) is 54.4 Å². The second-order valence-corrected chi connectivity index (χ2v) is 5.09. The summed E-state index contributed by atoms with van der Waals surface area (Å²) >= 11 is 0. The summed E-state index contributed by atoms with van der Waals surface area (Å²) in [6, 6.07) is 9.84. The molecule has 0 aliphatic carbocycles. The van der Waals surface area contributed by atoms with E-state index in [1.54, 1.807) is 55.7 Å². The fourth-order valence-corrected chi connectivity index (χ4v) is 1.87. The van der Waals surface area contributed by atoms with E-state index in [9.17, 15) is 14.4 Å². The smallest absolute Gasteiger partial charge is 0.326 e. The lowest BCUT2D eigenvalue weighted by atomic mass is 10.2. The normalized spacial score (nSPS) is 10.7. The van der Waals surface area contributed by atoms with Crippen molar-refractivity contribution in [2.75, 3.05) is 10.6 Å². The number of aromatic nitrogens is 1. The van der Waals surface area contributed by atoms with Crippen LogP contribution in [-0.4, -0.2) is 28.4 Å². The Morgan fingerprint density at radius 3 is 1.96 bits per heavy atom. The molecule has 25 heavy (non-hydrogen) atoms. The number of carbonyl (C=O) groups excluding carboxylic acids is 3. The van der Waals surface area contributed by atoms with Crippen LogP contribution in [0.4, 0.5) is 11.4 Å². The van der Waals surface area contributed by atoms with Crippen molar-refractivity contribution < 1.29 is 14.4 Å². The van der Waals surface area contributed by atoms with E-state index in [4.69, 9.17) is 0 Å². The van der Waals surface area contributed by atoms with Crippen LogP contribution >= 0.6 is 0 Å². The number of nitrogens with one attached hydrogen (secondary N) is 3. The minimum absolute atomic E-state index is 0.196. The second kappa shape index (κ2) is 8.34. The van der Waals surface area contributed by atoms with E-state index < -0.39 is 11.8 Å². The lowest BCUT2D eigenvalue weighted by Crippen LogP contribution is -2.32. The first-order chi connectivity index (χ1) is 12.0. The molecule has 128 valence electrons. The number of rotatable bonds is 4. The molecule has 1 heterocycles. The molecule has 0 saturated carbocycles. The van der Waals surface area contributed by atoms with E-state index in [0.29, 0.717) is 17.1 Å². The van der Waals surface area contributed by atoms with Gasteiger partial charge in [-0.15, -0.1) is 0 Å². The van der Waals surface area contributed by atoms with E-state index in [-0.39, 0.29) is 5.91 Å². The zero-order valence-electron chi connectivity index (χ0n) is 13.7. The van der Waals surface area contributed by atoms with Gasteiger partial charge in [0.2, 0.25) is 5.91 Å². The lowest BCUT2D eigenvalue weighted by Gasteiger charge is -2.06. The van der Waals surface area contributed by atoms with E-state index in [1.807, 2.05) is 0 Å². The summed E-state index contributed by atoms with van der Waals surface area (Å²) in [4.78, 5) is 38.5. The molecule has 0 atom stereocenters. The fourth-order valence-electron chi connectivity index (χ4n) is 1.87. The summed E-state index contributed by atoms with van der Waals surface area (Å²) < 4.78 is 0. The number of benzene rings is 1. The maximum Gasteiger partial charge on any atom is 0.329 e. The Morgan fingerprint density at radius 1 is 0.840 bits per heavy atom. The molecular weight excluding hydrogens is 322 g/mol. The Morgan fingerprint density at radius 2 is 1.40 bits per heavy atom. The first kappa shape index (κ1) is 17.8. The highest BCUT2D eigenvalue weighted by Gasteiger charge is 2.13. The predicted octanol–water partition coefficient (Wildman–Crippen LogP) is 1.52. The van der Waals surface area contributed by atoms with Gasteiger partial charge in [-0.3, -0.25) is 19.4 Å². The third-order valence-corrected chi connectivity index (χ3v) is 3.09. The Hall–Kier alpha value is -3.55. The van der Waals surface area contributed by atoms with Crippen molar-refractivity contribution in [2.24, 2.45) is 5.10 Å². The molecule has 0 unspecified atom stereocenters. The molecule has 2 aromatic rings. The van der Waals surface area contributed by atoms with Gasteiger partial charge < -0.3 is 10.6 Å². The van der Waals surface area contributed by atoms with Crippen LogP contribution in [0.2, 0.25) is 0 Å². The largest absolute Gasteiger partial charge is 0.329 e. The number of nitrogens with zero attached hydrogens (tertiary/aromatic N) is 2. The number of hydrazone groups is 1. The van der Waals surface area contributed by atoms with Gasteiger partial charge in [-0.2, -0.15) is 5.10 Å². The van der Waals surface area contributed by atoms with Crippen molar-refractivity contribution in [3.8, 4) is 0 Å². The molecular formula is C17H17N5O3. The number of hydrogen-bond donors (Lipinski definition) is 3. The SMILES string of the molecule is CC(=O)Nc1ccc(NC(=O)C(=O)NN=C(C)c2ccncc2)cc1. The average Bonchev–Trinajstić information content (AvgIpc) is 2.61. The van der Waals surface area contributed by atoms with E-state index >= 15 is 0 Å². The molecule has 8 heteroatoms. The first-order valence-electron chi connectivity index (χ1n) is 7.39. The molecule has 1 aromatic heterocycles. The third-order valence-electron chi connectivity index (χ3n) is 3.09. The Balaban J connectivity index is 1.92. The van der Waals surface area contributed by atoms with Crippen LogP contribution < -0.4 is 16.1 Å². The van der Waals surface area contributed by atoms with Gasteiger partial charge in [0, 0.05) is 36.3 Å². The number of amides is 3. The molecule has 0 fully saturated rings. The molecule has 0 saturated heterocycles. The minimum atomic E-state index is -0.889. The zero-order valence-corrected chi connectivity index (χ0v) is 13.7. The number of anilines is 2. The molecule has 0 radical (unpaired) electrons. The van der Waals surface area contributed by atoms with Gasteiger partial charge in [-0.1, -0.05) is 0 Å². The predicted molar refractivity (Wildman–Crippen MR) is 94.0 cm³/mol. The molecule has 8 nitrogen and oxygen atoms in total. The Bertz CT molecular complexity index is 801. The molecule has 1 aromatic carbocycles. The molecule has 0 spiro atoms. The second-order valence-electron chi connectivity index (χ2n) is 5.09. The number of hydrogen-bond acceptors (Lipinski definition) is 5. The van der Waals surface area contributed by atoms with Crippen LogP contribution in [0.3, 0.4) is 0 Å². The molecule has 0 bridgehead atoms. The summed E-state index contributed by atoms with van der Waals surface area (Å²) in [5.74, 6) is -1.93. The summed E-state index contributed by atoms with van der Waals surface area (Å²) in [6.45, 7) is 3.10. The highest BCUT2D eigenvalue weighted by molar-refractivity contribution is 6.39. The summed E-state index contributed by atoms with van der Waals surface area (Å²) in [5, 5.41) is 8.93. The molecule has 0 aliphatic heterocycles. The van der Waals surface area contributed by atoms with Crippen molar-refractivity contribution in [1.82, 2.24) is 10.4 Å². The first-order valence-corrected chi connectivity index (χ1v) is 7.39. The van der Waals surface area contributed by atoms with E-state index in [0.717, 1.165) is 5.56 Å². The van der Waals surface area contributed by atoms with Crippen LogP contribution in [0.5, 0.6) is 0 Å². The number of carbonyl (C=O) groups is 3. The average molecular weight is 339 g/mol. The fraction of sp³-hybridized carbons (Fsp3) is 0.118. The van der Waals surface area contributed by atoms with Gasteiger partial charge in [0.25, 0.3) is 0 Å². The topological polar surface area (TPSA) is 113 Å². The number of pyridine rings is 1. The van der Waals surface area contributed by atoms with Gasteiger partial charge in [-0.25, -0.2) is 5.43 Å². The molecule has 3 amide bonds. The van der Waals surface area contributed by atoms with Gasteiger partial charge >= 0.3 is 11.8 Å². The van der Waals surface area contributed by atoms with Crippen LogP contribution in [0.25, 0.3) is 0 Å². The Kier molecular flexibility index (Phi) is 5.94. The minimum Gasteiger partial charge on any atom is -0.326 e. The van der Waals surface area contributed by atoms with Gasteiger partial charge in [-0.05, 0) is 43.3 Å². The summed E-state index contributed by atoms with van der Waals surface area (Å²) in [5.41, 5.74) is 4.54. The quantitative estimate of drug-likeness (QED) is 0.445. The van der Waals surface area contributed by atoms with Gasteiger partial charge in [0.1, 0.15) is 0 Å².